The summed E-state index contributed by atoms with van der Waals surface area (Å²) < 4.78 is 24.9. The number of anilines is 1. The molecule has 1 heterocycles. The molecule has 0 saturated carbocycles. The van der Waals surface area contributed by atoms with Gasteiger partial charge in [-0.1, -0.05) is 0 Å². The SMILES string of the molecule is Cc1c(CNc2ccc([N+](=O)[O-])cc2S(N)(=O)=O)cnn1C. The van der Waals surface area contributed by atoms with Crippen LogP contribution in [0.25, 0.3) is 0 Å². The highest BCUT2D eigenvalue weighted by molar-refractivity contribution is 7.89. The van der Waals surface area contributed by atoms with Crippen LogP contribution in [-0.2, 0) is 23.6 Å². The predicted octanol–water partition coefficient (Wildman–Crippen LogP) is 0.896. The minimum Gasteiger partial charge on any atom is -0.380 e. The van der Waals surface area contributed by atoms with Crippen molar-refractivity contribution in [3.63, 3.8) is 0 Å². The molecule has 3 N–H and O–H groups in total. The van der Waals surface area contributed by atoms with E-state index in [2.05, 4.69) is 10.4 Å². The number of nitro benzene ring substituents is 1. The number of aromatic nitrogens is 2. The van der Waals surface area contributed by atoms with Crippen LogP contribution < -0.4 is 10.5 Å². The zero-order chi connectivity index (χ0) is 16.5. The van der Waals surface area contributed by atoms with Crippen molar-refractivity contribution in [1.82, 2.24) is 9.78 Å². The molecule has 0 amide bonds. The molecule has 1 aromatic heterocycles. The van der Waals surface area contributed by atoms with E-state index in [9.17, 15) is 18.5 Å². The van der Waals surface area contributed by atoms with E-state index in [0.717, 1.165) is 17.3 Å². The van der Waals surface area contributed by atoms with Gasteiger partial charge in [-0.2, -0.15) is 5.10 Å². The molecule has 2 aromatic rings. The average Bonchev–Trinajstić information content (AvgIpc) is 2.75. The van der Waals surface area contributed by atoms with Crippen LogP contribution >= 0.6 is 0 Å². The Morgan fingerprint density at radius 3 is 2.64 bits per heavy atom. The Morgan fingerprint density at radius 1 is 1.45 bits per heavy atom. The van der Waals surface area contributed by atoms with Gasteiger partial charge in [0.25, 0.3) is 5.69 Å². The van der Waals surface area contributed by atoms with Crippen LogP contribution in [0.3, 0.4) is 0 Å². The second kappa shape index (κ2) is 5.73. The molecule has 0 aliphatic carbocycles. The van der Waals surface area contributed by atoms with E-state index in [4.69, 9.17) is 5.14 Å². The largest absolute Gasteiger partial charge is 0.380 e. The summed E-state index contributed by atoms with van der Waals surface area (Å²) in [6.45, 7) is 2.19. The number of non-ortho nitro benzene ring substituents is 1. The van der Waals surface area contributed by atoms with Crippen molar-refractivity contribution in [2.75, 3.05) is 5.32 Å². The first-order valence-corrected chi connectivity index (χ1v) is 7.77. The number of nitrogens with zero attached hydrogens (tertiary/aromatic N) is 3. The third-order valence-electron chi connectivity index (χ3n) is 3.29. The number of aryl methyl sites for hydroxylation is 1. The maximum absolute atomic E-state index is 11.6. The van der Waals surface area contributed by atoms with Crippen LogP contribution in [0.2, 0.25) is 0 Å². The topological polar surface area (TPSA) is 133 Å². The average molecular weight is 325 g/mol. The first-order valence-electron chi connectivity index (χ1n) is 6.22. The van der Waals surface area contributed by atoms with Gasteiger partial charge in [-0.25, -0.2) is 13.6 Å². The lowest BCUT2D eigenvalue weighted by Crippen LogP contribution is -2.15. The van der Waals surface area contributed by atoms with E-state index in [1.807, 2.05) is 6.92 Å². The highest BCUT2D eigenvalue weighted by atomic mass is 32.2. The molecule has 2 rings (SSSR count). The summed E-state index contributed by atoms with van der Waals surface area (Å²) in [7, 11) is -2.29. The number of rotatable bonds is 5. The summed E-state index contributed by atoms with van der Waals surface area (Å²) in [5.74, 6) is 0. The number of benzene rings is 1. The Balaban J connectivity index is 2.34. The van der Waals surface area contributed by atoms with Gasteiger partial charge in [-0.15, -0.1) is 0 Å². The molecule has 0 aliphatic rings. The van der Waals surface area contributed by atoms with Crippen LogP contribution in [0.15, 0.2) is 29.3 Å². The third-order valence-corrected chi connectivity index (χ3v) is 4.24. The summed E-state index contributed by atoms with van der Waals surface area (Å²) in [6.07, 6.45) is 1.66. The van der Waals surface area contributed by atoms with Crippen molar-refractivity contribution in [3.05, 3.63) is 45.8 Å². The number of hydrogen-bond acceptors (Lipinski definition) is 6. The van der Waals surface area contributed by atoms with E-state index in [1.54, 1.807) is 17.9 Å². The lowest BCUT2D eigenvalue weighted by atomic mass is 10.2. The molecule has 0 saturated heterocycles. The fourth-order valence-corrected chi connectivity index (χ4v) is 2.65. The normalized spacial score (nSPS) is 11.4. The van der Waals surface area contributed by atoms with Crippen molar-refractivity contribution in [1.29, 1.82) is 0 Å². The molecule has 0 spiro atoms. The minimum atomic E-state index is -4.09. The van der Waals surface area contributed by atoms with Gasteiger partial charge in [-0.3, -0.25) is 14.8 Å². The van der Waals surface area contributed by atoms with Gasteiger partial charge in [0.15, 0.2) is 0 Å². The van der Waals surface area contributed by atoms with Crippen molar-refractivity contribution in [2.45, 2.75) is 18.4 Å². The van der Waals surface area contributed by atoms with Gasteiger partial charge in [0.2, 0.25) is 10.0 Å². The maximum atomic E-state index is 11.6. The standard InChI is InChI=1S/C12H15N5O4S/c1-8-9(7-15-16(8)2)6-14-11-4-3-10(17(18)19)5-12(11)22(13,20)21/h3-5,7,14H,6H2,1-2H3,(H2,13,20,21). The minimum absolute atomic E-state index is 0.205. The number of sulfonamides is 1. The van der Waals surface area contributed by atoms with Crippen molar-refractivity contribution < 1.29 is 13.3 Å². The lowest BCUT2D eigenvalue weighted by molar-refractivity contribution is -0.385. The van der Waals surface area contributed by atoms with Crippen molar-refractivity contribution in [2.24, 2.45) is 12.2 Å². The zero-order valence-electron chi connectivity index (χ0n) is 12.0. The maximum Gasteiger partial charge on any atom is 0.270 e. The molecule has 22 heavy (non-hydrogen) atoms. The molecule has 0 unspecified atom stereocenters. The number of nitrogens with two attached hydrogens (primary N) is 1. The van der Waals surface area contributed by atoms with Crippen LogP contribution in [0.5, 0.6) is 0 Å². The van der Waals surface area contributed by atoms with Crippen LogP contribution in [-0.4, -0.2) is 23.1 Å². The highest BCUT2D eigenvalue weighted by Crippen LogP contribution is 2.26. The first kappa shape index (κ1) is 15.9. The molecule has 10 heteroatoms. The zero-order valence-corrected chi connectivity index (χ0v) is 12.8. The second-order valence-corrected chi connectivity index (χ2v) is 6.24. The molecule has 1 aromatic carbocycles. The molecular formula is C12H15N5O4S. The Morgan fingerprint density at radius 2 is 2.14 bits per heavy atom. The third kappa shape index (κ3) is 3.23. The van der Waals surface area contributed by atoms with Gasteiger partial charge in [0, 0.05) is 37.0 Å². The molecule has 0 radical (unpaired) electrons. The van der Waals surface area contributed by atoms with Crippen molar-refractivity contribution >= 4 is 21.4 Å². The number of nitrogens with one attached hydrogen (secondary N) is 1. The fourth-order valence-electron chi connectivity index (χ4n) is 1.91. The summed E-state index contributed by atoms with van der Waals surface area (Å²) >= 11 is 0. The summed E-state index contributed by atoms with van der Waals surface area (Å²) in [5, 5.41) is 22.9. The van der Waals surface area contributed by atoms with Crippen LogP contribution in [0, 0.1) is 17.0 Å². The van der Waals surface area contributed by atoms with Gasteiger partial charge >= 0.3 is 0 Å². The quantitative estimate of drug-likeness (QED) is 0.619. The van der Waals surface area contributed by atoms with E-state index >= 15 is 0 Å². The smallest absolute Gasteiger partial charge is 0.270 e. The van der Waals surface area contributed by atoms with E-state index < -0.39 is 14.9 Å². The number of nitro groups is 1. The molecule has 9 nitrogen and oxygen atoms in total. The van der Waals surface area contributed by atoms with E-state index in [0.29, 0.717) is 6.54 Å². The number of hydrogen-bond donors (Lipinski definition) is 2. The highest BCUT2D eigenvalue weighted by Gasteiger charge is 2.19. The molecule has 0 aliphatic heterocycles. The molecular weight excluding hydrogens is 310 g/mol. The number of primary sulfonamides is 1. The van der Waals surface area contributed by atoms with Crippen molar-refractivity contribution in [3.8, 4) is 0 Å². The monoisotopic (exact) mass is 325 g/mol. The van der Waals surface area contributed by atoms with E-state index in [1.165, 1.54) is 12.1 Å². The van der Waals surface area contributed by atoms with Gasteiger partial charge in [0.05, 0.1) is 16.8 Å². The Hall–Kier alpha value is -2.46. The lowest BCUT2D eigenvalue weighted by Gasteiger charge is -2.10. The second-order valence-electron chi connectivity index (χ2n) is 4.71. The Bertz CT molecular complexity index is 828. The van der Waals surface area contributed by atoms with Gasteiger partial charge < -0.3 is 5.32 Å². The predicted molar refractivity (Wildman–Crippen MR) is 79.7 cm³/mol. The fraction of sp³-hybridized carbons (Fsp3) is 0.250. The molecule has 118 valence electrons. The Labute approximate surface area is 126 Å². The van der Waals surface area contributed by atoms with Crippen LogP contribution in [0.4, 0.5) is 11.4 Å². The molecule has 0 fully saturated rings. The molecule has 0 atom stereocenters. The summed E-state index contributed by atoms with van der Waals surface area (Å²) in [4.78, 5) is 9.76. The van der Waals surface area contributed by atoms with E-state index in [-0.39, 0.29) is 16.3 Å². The first-order chi connectivity index (χ1) is 10.2. The van der Waals surface area contributed by atoms with Gasteiger partial charge in [0.1, 0.15) is 4.90 Å². The van der Waals surface area contributed by atoms with Crippen LogP contribution in [0.1, 0.15) is 11.3 Å². The Kier molecular flexibility index (Phi) is 4.15. The summed E-state index contributed by atoms with van der Waals surface area (Å²) in [6, 6.07) is 3.48. The van der Waals surface area contributed by atoms with Gasteiger partial charge in [-0.05, 0) is 13.0 Å². The summed E-state index contributed by atoms with van der Waals surface area (Å²) in [5.41, 5.74) is 1.66. The molecule has 0 bridgehead atoms.